The van der Waals surface area contributed by atoms with Gasteiger partial charge in [-0.2, -0.15) is 16.7 Å². The Morgan fingerprint density at radius 1 is 1.39 bits per heavy atom. The van der Waals surface area contributed by atoms with Crippen molar-refractivity contribution in [1.82, 2.24) is 15.1 Å². The summed E-state index contributed by atoms with van der Waals surface area (Å²) in [6, 6.07) is 5.49. The van der Waals surface area contributed by atoms with Crippen LogP contribution in [0.15, 0.2) is 22.7 Å². The Morgan fingerprint density at radius 3 is 2.94 bits per heavy atom. The average Bonchev–Trinajstić information content (AvgIpc) is 2.85. The maximum atomic E-state index is 5.97. The second-order valence-corrected chi connectivity index (χ2v) is 4.99. The third-order valence-electron chi connectivity index (χ3n) is 2.51. The molecule has 5 nitrogen and oxygen atoms in total. The number of rotatable bonds is 5. The maximum absolute atomic E-state index is 5.97. The van der Waals surface area contributed by atoms with Crippen molar-refractivity contribution < 1.29 is 4.52 Å². The fraction of sp³-hybridized carbons (Fsp3) is 0.417. The van der Waals surface area contributed by atoms with E-state index in [1.807, 2.05) is 31.4 Å². The number of thioether (sulfide) groups is 1. The van der Waals surface area contributed by atoms with Crippen LogP contribution in [0.1, 0.15) is 24.0 Å². The van der Waals surface area contributed by atoms with Crippen molar-refractivity contribution in [2.45, 2.75) is 19.4 Å². The number of hydrogen-bond donors (Lipinski definition) is 1. The lowest BCUT2D eigenvalue weighted by molar-refractivity contribution is 0.353. The van der Waals surface area contributed by atoms with E-state index in [0.717, 1.165) is 17.9 Å². The van der Waals surface area contributed by atoms with Gasteiger partial charge in [-0.3, -0.25) is 0 Å². The first-order valence-electron chi connectivity index (χ1n) is 5.73. The Hall–Kier alpha value is -1.40. The highest BCUT2D eigenvalue weighted by atomic mass is 32.2. The molecule has 1 atom stereocenters. The van der Waals surface area contributed by atoms with Crippen LogP contribution >= 0.6 is 11.8 Å². The van der Waals surface area contributed by atoms with Crippen LogP contribution in [-0.4, -0.2) is 27.1 Å². The molecule has 6 heteroatoms. The fourth-order valence-electron chi connectivity index (χ4n) is 1.53. The molecule has 2 aromatic heterocycles. The molecule has 0 aliphatic rings. The summed E-state index contributed by atoms with van der Waals surface area (Å²) in [6.45, 7) is 1.93. The lowest BCUT2D eigenvalue weighted by Crippen LogP contribution is -2.11. The van der Waals surface area contributed by atoms with Gasteiger partial charge in [0.05, 0.1) is 6.04 Å². The van der Waals surface area contributed by atoms with E-state index in [0.29, 0.717) is 17.4 Å². The van der Waals surface area contributed by atoms with Crippen LogP contribution in [0.3, 0.4) is 0 Å². The van der Waals surface area contributed by atoms with Crippen molar-refractivity contribution in [2.24, 2.45) is 5.73 Å². The highest BCUT2D eigenvalue weighted by molar-refractivity contribution is 7.98. The minimum atomic E-state index is -0.205. The summed E-state index contributed by atoms with van der Waals surface area (Å²) in [5.41, 5.74) is 7.60. The minimum Gasteiger partial charge on any atom is -0.337 e. The van der Waals surface area contributed by atoms with Crippen molar-refractivity contribution in [1.29, 1.82) is 0 Å². The molecule has 18 heavy (non-hydrogen) atoms. The van der Waals surface area contributed by atoms with Crippen molar-refractivity contribution in [3.8, 4) is 11.5 Å². The normalized spacial score (nSPS) is 12.6. The van der Waals surface area contributed by atoms with Gasteiger partial charge >= 0.3 is 0 Å². The molecule has 0 amide bonds. The third-order valence-corrected chi connectivity index (χ3v) is 3.15. The van der Waals surface area contributed by atoms with Gasteiger partial charge in [0.15, 0.2) is 0 Å². The quantitative estimate of drug-likeness (QED) is 0.892. The van der Waals surface area contributed by atoms with E-state index in [2.05, 4.69) is 15.1 Å². The molecule has 2 rings (SSSR count). The maximum Gasteiger partial charge on any atom is 0.243 e. The van der Waals surface area contributed by atoms with E-state index in [1.165, 1.54) is 0 Å². The molecule has 96 valence electrons. The summed E-state index contributed by atoms with van der Waals surface area (Å²) in [5, 5.41) is 3.92. The summed E-state index contributed by atoms with van der Waals surface area (Å²) < 4.78 is 5.18. The molecule has 0 radical (unpaired) electrons. The lowest BCUT2D eigenvalue weighted by atomic mass is 10.2. The van der Waals surface area contributed by atoms with Gasteiger partial charge in [-0.05, 0) is 37.5 Å². The molecule has 0 saturated carbocycles. The minimum absolute atomic E-state index is 0.205. The SMILES string of the molecule is CSCCC(N)c1nc(-c2cccc(C)n2)no1. The zero-order chi connectivity index (χ0) is 13.0. The first-order valence-corrected chi connectivity index (χ1v) is 7.12. The number of pyridine rings is 1. The van der Waals surface area contributed by atoms with E-state index >= 15 is 0 Å². The summed E-state index contributed by atoms with van der Waals surface area (Å²) in [4.78, 5) is 8.65. The molecule has 0 aromatic carbocycles. The predicted octanol–water partition coefficient (Wildman–Crippen LogP) is 2.19. The number of hydrogen-bond acceptors (Lipinski definition) is 6. The van der Waals surface area contributed by atoms with Gasteiger partial charge in [0.2, 0.25) is 11.7 Å². The lowest BCUT2D eigenvalue weighted by Gasteiger charge is -2.03. The van der Waals surface area contributed by atoms with Crippen LogP contribution in [0, 0.1) is 6.92 Å². The van der Waals surface area contributed by atoms with E-state index in [9.17, 15) is 0 Å². The van der Waals surface area contributed by atoms with Gasteiger partial charge in [-0.15, -0.1) is 0 Å². The molecule has 1 unspecified atom stereocenters. The second kappa shape index (κ2) is 5.97. The molecular weight excluding hydrogens is 248 g/mol. The molecule has 2 N–H and O–H groups in total. The fourth-order valence-corrected chi connectivity index (χ4v) is 2.02. The van der Waals surface area contributed by atoms with Crippen LogP contribution in [0.2, 0.25) is 0 Å². The topological polar surface area (TPSA) is 77.8 Å². The Balaban J connectivity index is 2.15. The monoisotopic (exact) mass is 264 g/mol. The van der Waals surface area contributed by atoms with Crippen LogP contribution < -0.4 is 5.73 Å². The Labute approximate surface area is 110 Å². The molecule has 2 heterocycles. The first-order chi connectivity index (χ1) is 8.70. The first kappa shape index (κ1) is 13.0. The molecule has 0 saturated heterocycles. The molecule has 0 aliphatic heterocycles. The Bertz CT molecular complexity index is 514. The van der Waals surface area contributed by atoms with E-state index in [4.69, 9.17) is 10.3 Å². The Morgan fingerprint density at radius 2 is 2.22 bits per heavy atom. The molecule has 2 aromatic rings. The van der Waals surface area contributed by atoms with Gasteiger partial charge in [0, 0.05) is 5.69 Å². The zero-order valence-electron chi connectivity index (χ0n) is 10.5. The highest BCUT2D eigenvalue weighted by Crippen LogP contribution is 2.18. The summed E-state index contributed by atoms with van der Waals surface area (Å²) >= 11 is 1.75. The van der Waals surface area contributed by atoms with Crippen molar-refractivity contribution in [2.75, 3.05) is 12.0 Å². The second-order valence-electron chi connectivity index (χ2n) is 4.01. The van der Waals surface area contributed by atoms with Gasteiger partial charge < -0.3 is 10.3 Å². The van der Waals surface area contributed by atoms with E-state index < -0.39 is 0 Å². The van der Waals surface area contributed by atoms with Crippen molar-refractivity contribution >= 4 is 11.8 Å². The van der Waals surface area contributed by atoms with Gasteiger partial charge in [0.1, 0.15) is 5.69 Å². The smallest absolute Gasteiger partial charge is 0.243 e. The van der Waals surface area contributed by atoms with E-state index in [-0.39, 0.29) is 6.04 Å². The van der Waals surface area contributed by atoms with Crippen LogP contribution in [-0.2, 0) is 0 Å². The summed E-state index contributed by atoms with van der Waals surface area (Å²) in [5.74, 6) is 1.94. The van der Waals surface area contributed by atoms with Crippen LogP contribution in [0.5, 0.6) is 0 Å². The number of aryl methyl sites for hydroxylation is 1. The largest absolute Gasteiger partial charge is 0.337 e. The molecular formula is C12H16N4OS. The Kier molecular flexibility index (Phi) is 4.33. The summed E-state index contributed by atoms with van der Waals surface area (Å²) in [6.07, 6.45) is 2.87. The number of nitrogens with two attached hydrogens (primary N) is 1. The van der Waals surface area contributed by atoms with Gasteiger partial charge in [-0.25, -0.2) is 4.98 Å². The molecule has 0 spiro atoms. The number of aromatic nitrogens is 3. The third kappa shape index (κ3) is 3.08. The molecule has 0 aliphatic carbocycles. The van der Waals surface area contributed by atoms with Crippen LogP contribution in [0.25, 0.3) is 11.5 Å². The van der Waals surface area contributed by atoms with Gasteiger partial charge in [-0.1, -0.05) is 11.2 Å². The average molecular weight is 264 g/mol. The van der Waals surface area contributed by atoms with Crippen molar-refractivity contribution in [3.05, 3.63) is 29.8 Å². The summed E-state index contributed by atoms with van der Waals surface area (Å²) in [7, 11) is 0. The van der Waals surface area contributed by atoms with Gasteiger partial charge in [0.25, 0.3) is 0 Å². The van der Waals surface area contributed by atoms with E-state index in [1.54, 1.807) is 11.8 Å². The van der Waals surface area contributed by atoms with Crippen LogP contribution in [0.4, 0.5) is 0 Å². The number of nitrogens with zero attached hydrogens (tertiary/aromatic N) is 3. The highest BCUT2D eigenvalue weighted by Gasteiger charge is 2.15. The predicted molar refractivity (Wildman–Crippen MR) is 72.2 cm³/mol. The van der Waals surface area contributed by atoms with Crippen molar-refractivity contribution in [3.63, 3.8) is 0 Å². The standard InChI is InChI=1S/C12H16N4OS/c1-8-4-3-5-10(14-8)11-15-12(17-16-11)9(13)6-7-18-2/h3-5,9H,6-7,13H2,1-2H3. The molecule has 0 fully saturated rings. The molecule has 0 bridgehead atoms. The zero-order valence-corrected chi connectivity index (χ0v) is 11.3.